The van der Waals surface area contributed by atoms with Gasteiger partial charge in [-0.1, -0.05) is 194 Å². The molecule has 1 amide bonds. The molecule has 310 valence electrons. The summed E-state index contributed by atoms with van der Waals surface area (Å²) in [6.45, 7) is 4.53. The zero-order valence-electron chi connectivity index (χ0n) is 35.1. The molecule has 0 aromatic heterocycles. The van der Waals surface area contributed by atoms with E-state index in [4.69, 9.17) is 4.55 Å². The Labute approximate surface area is 374 Å². The topological polar surface area (TPSA) is 204 Å². The quantitative estimate of drug-likeness (QED) is 0.0538. The number of hydrogen-bond donors (Lipinski definition) is 2. The van der Waals surface area contributed by atoms with E-state index in [2.05, 4.69) is 23.8 Å². The van der Waals surface area contributed by atoms with Crippen molar-refractivity contribution in [2.24, 2.45) is 5.73 Å². The van der Waals surface area contributed by atoms with E-state index < -0.39 is 40.6 Å². The molecular weight excluding hydrogens is 732 g/mol. The summed E-state index contributed by atoms with van der Waals surface area (Å²) < 4.78 is 31.2. The van der Waals surface area contributed by atoms with E-state index in [-0.39, 0.29) is 78.4 Å². The summed E-state index contributed by atoms with van der Waals surface area (Å²) in [5.41, 5.74) is 4.65. The van der Waals surface area contributed by atoms with Gasteiger partial charge in [-0.25, -0.2) is 0 Å². The van der Waals surface area contributed by atoms with Crippen LogP contribution in [-0.4, -0.2) is 36.8 Å². The minimum Gasteiger partial charge on any atom is -0.550 e. The van der Waals surface area contributed by atoms with E-state index in [9.17, 15) is 37.8 Å². The number of carboxylic acid groups (broad SMARTS) is 2. The van der Waals surface area contributed by atoms with Crippen LogP contribution in [-0.2, 0) is 33.8 Å². The van der Waals surface area contributed by atoms with Gasteiger partial charge in [-0.3, -0.25) is 14.1 Å². The Kier molecular flexibility index (Phi) is 59.3. The molecule has 0 aliphatic heterocycles. The van der Waals surface area contributed by atoms with E-state index in [1.807, 2.05) is 0 Å². The summed E-state index contributed by atoms with van der Waals surface area (Å²) in [4.78, 5) is 40.9. The summed E-state index contributed by atoms with van der Waals surface area (Å²) in [6, 6.07) is 0. The zero-order chi connectivity index (χ0) is 39.6. The standard InChI is InChI=1S/2C18H36O2.C4H7NO6S.2Na/c2*1-2-3-4-5-6-7-8-9-10-11-12-13-14-15-16-17-18(19)20;5-3(6)1-2-4(7)11-12(8,9)10;;/h2*2-17H2,1H3,(H,19,20);1-2H2,(H2,5,6)(H,8,9,10);;/q;;;2*+1/p-2. The van der Waals surface area contributed by atoms with Crippen LogP contribution in [0, 0.1) is 0 Å². The van der Waals surface area contributed by atoms with E-state index >= 15 is 0 Å². The third-order valence-corrected chi connectivity index (χ3v) is 9.14. The Hall–Kier alpha value is -0.210. The number of carbonyl (C=O) groups excluding carboxylic acids is 4. The van der Waals surface area contributed by atoms with Crippen molar-refractivity contribution in [2.45, 2.75) is 232 Å². The predicted molar refractivity (Wildman–Crippen MR) is 205 cm³/mol. The van der Waals surface area contributed by atoms with Crippen molar-refractivity contribution in [3.8, 4) is 0 Å². The van der Waals surface area contributed by atoms with Crippen LogP contribution >= 0.6 is 0 Å². The molecule has 0 aliphatic rings. The smallest absolute Gasteiger partial charge is 0.550 e. The number of carbonyl (C=O) groups is 4. The number of hydrogen-bond acceptors (Lipinski definition) is 9. The van der Waals surface area contributed by atoms with Gasteiger partial charge in [0, 0.05) is 18.4 Å². The molecule has 54 heavy (non-hydrogen) atoms. The molecule has 0 radical (unpaired) electrons. The molecule has 0 atom stereocenters. The number of unbranched alkanes of at least 4 members (excludes halogenated alkanes) is 28. The van der Waals surface area contributed by atoms with Crippen LogP contribution in [0.15, 0.2) is 0 Å². The van der Waals surface area contributed by atoms with Crippen molar-refractivity contribution < 1.29 is 106 Å². The molecular formula is C40H77NNa2O10S. The van der Waals surface area contributed by atoms with Gasteiger partial charge in [0.2, 0.25) is 5.91 Å². The first-order chi connectivity index (χ1) is 24.9. The minimum atomic E-state index is -4.77. The van der Waals surface area contributed by atoms with Crippen LogP contribution in [0.25, 0.3) is 0 Å². The summed E-state index contributed by atoms with van der Waals surface area (Å²) in [6.07, 6.45) is 38.9. The second-order valence-corrected chi connectivity index (χ2v) is 15.0. The first-order valence-electron chi connectivity index (χ1n) is 20.7. The largest absolute Gasteiger partial charge is 1.00 e. The number of rotatable bonds is 36. The van der Waals surface area contributed by atoms with Gasteiger partial charge >= 0.3 is 75.5 Å². The van der Waals surface area contributed by atoms with Crippen LogP contribution in [0.2, 0.25) is 0 Å². The van der Waals surface area contributed by atoms with Crippen molar-refractivity contribution in [3.63, 3.8) is 0 Å². The van der Waals surface area contributed by atoms with Crippen LogP contribution in [0.5, 0.6) is 0 Å². The molecule has 0 bridgehead atoms. The van der Waals surface area contributed by atoms with Crippen molar-refractivity contribution in [1.29, 1.82) is 0 Å². The third-order valence-electron chi connectivity index (χ3n) is 8.74. The summed E-state index contributed by atoms with van der Waals surface area (Å²) in [5, 5.41) is 20.4. The molecule has 0 unspecified atom stereocenters. The maximum atomic E-state index is 10.4. The van der Waals surface area contributed by atoms with Crippen molar-refractivity contribution in [1.82, 2.24) is 0 Å². The monoisotopic (exact) mass is 810 g/mol. The second kappa shape index (κ2) is 50.8. The third kappa shape index (κ3) is 69.7. The Morgan fingerprint density at radius 3 is 0.852 bits per heavy atom. The Bertz CT molecular complexity index is 896. The summed E-state index contributed by atoms with van der Waals surface area (Å²) >= 11 is 0. The zero-order valence-corrected chi connectivity index (χ0v) is 40.0. The van der Waals surface area contributed by atoms with Gasteiger partial charge in [-0.15, -0.1) is 0 Å². The van der Waals surface area contributed by atoms with Crippen LogP contribution in [0.1, 0.15) is 232 Å². The normalized spacial score (nSPS) is 10.4. The van der Waals surface area contributed by atoms with Gasteiger partial charge in [0.15, 0.2) is 0 Å². The Morgan fingerprint density at radius 2 is 0.667 bits per heavy atom. The van der Waals surface area contributed by atoms with Crippen LogP contribution in [0.4, 0.5) is 0 Å². The SMILES string of the molecule is CCCCCCCCCCCCCCCCCC(=O)[O-].CCCCCCCCCCCCCCCCCC(=O)[O-].NC(=O)CCC(=O)OS(=O)(=O)O.[Na+].[Na+]. The number of carboxylic acids is 2. The van der Waals surface area contributed by atoms with Crippen molar-refractivity contribution in [2.75, 3.05) is 0 Å². The van der Waals surface area contributed by atoms with Gasteiger partial charge in [-0.05, 0) is 25.7 Å². The Balaban J connectivity index is -0.000000225. The van der Waals surface area contributed by atoms with Crippen LogP contribution < -0.4 is 75.1 Å². The molecule has 3 N–H and O–H groups in total. The molecule has 0 rings (SSSR count). The molecule has 0 aliphatic carbocycles. The Morgan fingerprint density at radius 1 is 0.444 bits per heavy atom. The minimum absolute atomic E-state index is 0. The first-order valence-corrected chi connectivity index (χ1v) is 22.1. The number of aliphatic carboxylic acids is 2. The van der Waals surface area contributed by atoms with Gasteiger partial charge in [-0.2, -0.15) is 8.42 Å². The number of primary amides is 1. The average Bonchev–Trinajstić information content (AvgIpc) is 3.07. The fraction of sp³-hybridized carbons (Fsp3) is 0.900. The summed E-state index contributed by atoms with van der Waals surface area (Å²) in [7, 11) is -4.77. The predicted octanol–water partition coefficient (Wildman–Crippen LogP) is 2.60. The first kappa shape index (κ1) is 63.0. The fourth-order valence-corrected chi connectivity index (χ4v) is 5.98. The molecule has 0 spiro atoms. The van der Waals surface area contributed by atoms with Crippen molar-refractivity contribution in [3.05, 3.63) is 0 Å². The van der Waals surface area contributed by atoms with Gasteiger partial charge in [0.1, 0.15) is 0 Å². The molecule has 0 fully saturated rings. The van der Waals surface area contributed by atoms with Gasteiger partial charge < -0.3 is 29.7 Å². The molecule has 0 saturated heterocycles. The van der Waals surface area contributed by atoms with E-state index in [1.165, 1.54) is 167 Å². The van der Waals surface area contributed by atoms with Crippen molar-refractivity contribution >= 4 is 34.2 Å². The van der Waals surface area contributed by atoms with Gasteiger partial charge in [0.25, 0.3) is 0 Å². The molecule has 0 heterocycles. The fourth-order valence-electron chi connectivity index (χ4n) is 5.67. The number of amides is 1. The van der Waals surface area contributed by atoms with Crippen LogP contribution in [0.3, 0.4) is 0 Å². The van der Waals surface area contributed by atoms with E-state index in [0.29, 0.717) is 0 Å². The van der Waals surface area contributed by atoms with E-state index in [0.717, 1.165) is 25.7 Å². The summed E-state index contributed by atoms with van der Waals surface area (Å²) in [5.74, 6) is -3.79. The maximum Gasteiger partial charge on any atom is 1.00 e. The average molecular weight is 810 g/mol. The molecule has 0 aromatic rings. The molecule has 0 saturated carbocycles. The molecule has 14 heteroatoms. The molecule has 11 nitrogen and oxygen atoms in total. The van der Waals surface area contributed by atoms with E-state index in [1.54, 1.807) is 0 Å². The second-order valence-electron chi connectivity index (χ2n) is 14.0. The maximum absolute atomic E-state index is 10.4. The number of nitrogens with two attached hydrogens (primary N) is 1. The van der Waals surface area contributed by atoms with Gasteiger partial charge in [0.05, 0.1) is 6.42 Å². The molecule has 0 aromatic carbocycles.